The number of piperidine rings is 1. The fourth-order valence-corrected chi connectivity index (χ4v) is 2.86. The van der Waals surface area contributed by atoms with Gasteiger partial charge in [-0.15, -0.1) is 0 Å². The molecule has 1 heterocycles. The van der Waals surface area contributed by atoms with E-state index >= 15 is 0 Å². The summed E-state index contributed by atoms with van der Waals surface area (Å²) in [4.78, 5) is 12.8. The molecule has 2 N–H and O–H groups in total. The molecule has 0 aliphatic carbocycles. The third-order valence-electron chi connectivity index (χ3n) is 3.72. The van der Waals surface area contributed by atoms with E-state index in [2.05, 4.69) is 10.2 Å². The standard InChI is InChI=1S/C14H21N3O3/c1-14(18)7-4-8-16(10-14)9-11-5-3-6-12(17(19)20)13(11)15-2/h3,5-6,15,18H,4,7-10H2,1-2H3. The van der Waals surface area contributed by atoms with Crippen molar-refractivity contribution in [3.05, 3.63) is 33.9 Å². The molecule has 1 aromatic rings. The van der Waals surface area contributed by atoms with E-state index in [4.69, 9.17) is 0 Å². The summed E-state index contributed by atoms with van der Waals surface area (Å²) in [5.41, 5.74) is 0.870. The largest absolute Gasteiger partial charge is 0.389 e. The van der Waals surface area contributed by atoms with Crippen LogP contribution in [0.2, 0.25) is 0 Å². The summed E-state index contributed by atoms with van der Waals surface area (Å²) < 4.78 is 0. The molecule has 1 fully saturated rings. The molecule has 1 saturated heterocycles. The maximum Gasteiger partial charge on any atom is 0.292 e. The van der Waals surface area contributed by atoms with Gasteiger partial charge in [0.2, 0.25) is 0 Å². The number of nitro benzene ring substituents is 1. The molecule has 20 heavy (non-hydrogen) atoms. The molecule has 1 aliphatic rings. The fraction of sp³-hybridized carbons (Fsp3) is 0.571. The van der Waals surface area contributed by atoms with E-state index in [-0.39, 0.29) is 10.6 Å². The average Bonchev–Trinajstić information content (AvgIpc) is 2.37. The first-order valence-electron chi connectivity index (χ1n) is 6.82. The van der Waals surface area contributed by atoms with Gasteiger partial charge in [0.1, 0.15) is 5.69 Å². The summed E-state index contributed by atoms with van der Waals surface area (Å²) >= 11 is 0. The van der Waals surface area contributed by atoms with Gasteiger partial charge in [0, 0.05) is 26.2 Å². The molecule has 110 valence electrons. The van der Waals surface area contributed by atoms with Gasteiger partial charge in [-0.05, 0) is 31.9 Å². The van der Waals surface area contributed by atoms with Crippen molar-refractivity contribution in [1.29, 1.82) is 0 Å². The number of aliphatic hydroxyl groups is 1. The minimum Gasteiger partial charge on any atom is -0.389 e. The predicted molar refractivity (Wildman–Crippen MR) is 77.8 cm³/mol. The third-order valence-corrected chi connectivity index (χ3v) is 3.72. The van der Waals surface area contributed by atoms with Crippen LogP contribution in [0.25, 0.3) is 0 Å². The second kappa shape index (κ2) is 5.76. The molecule has 0 aromatic heterocycles. The van der Waals surface area contributed by atoms with Crippen LogP contribution < -0.4 is 5.32 Å². The Labute approximate surface area is 118 Å². The molecule has 0 spiro atoms. The van der Waals surface area contributed by atoms with Crippen molar-refractivity contribution < 1.29 is 10.0 Å². The average molecular weight is 279 g/mol. The van der Waals surface area contributed by atoms with Crippen LogP contribution in [0.15, 0.2) is 18.2 Å². The molecule has 1 aliphatic heterocycles. The Morgan fingerprint density at radius 3 is 2.90 bits per heavy atom. The zero-order valence-electron chi connectivity index (χ0n) is 11.9. The van der Waals surface area contributed by atoms with E-state index in [0.717, 1.165) is 24.9 Å². The highest BCUT2D eigenvalue weighted by Gasteiger charge is 2.29. The lowest BCUT2D eigenvalue weighted by Crippen LogP contribution is -2.45. The monoisotopic (exact) mass is 279 g/mol. The number of β-amino-alcohol motifs (C(OH)–C–C–N with tert-alkyl or cyclic N) is 1. The van der Waals surface area contributed by atoms with Gasteiger partial charge in [0.25, 0.3) is 5.69 Å². The summed E-state index contributed by atoms with van der Waals surface area (Å²) in [5, 5.41) is 24.1. The Morgan fingerprint density at radius 2 is 2.30 bits per heavy atom. The van der Waals surface area contributed by atoms with Crippen molar-refractivity contribution in [2.45, 2.75) is 31.9 Å². The molecule has 1 aromatic carbocycles. The predicted octanol–water partition coefficient (Wildman–Crippen LogP) is 1.98. The number of hydrogen-bond donors (Lipinski definition) is 2. The molecule has 0 radical (unpaired) electrons. The van der Waals surface area contributed by atoms with Crippen molar-refractivity contribution >= 4 is 11.4 Å². The van der Waals surface area contributed by atoms with Gasteiger partial charge in [-0.25, -0.2) is 0 Å². The van der Waals surface area contributed by atoms with Crippen molar-refractivity contribution in [2.24, 2.45) is 0 Å². The number of benzene rings is 1. The number of nitrogens with one attached hydrogen (secondary N) is 1. The molecular formula is C14H21N3O3. The molecule has 2 rings (SSSR count). The van der Waals surface area contributed by atoms with Crippen LogP contribution in [0.1, 0.15) is 25.3 Å². The highest BCUT2D eigenvalue weighted by Crippen LogP contribution is 2.30. The fourth-order valence-electron chi connectivity index (χ4n) is 2.86. The number of hydrogen-bond acceptors (Lipinski definition) is 5. The Bertz CT molecular complexity index is 502. The Morgan fingerprint density at radius 1 is 1.55 bits per heavy atom. The van der Waals surface area contributed by atoms with Crippen LogP contribution in [0, 0.1) is 10.1 Å². The van der Waals surface area contributed by atoms with Crippen LogP contribution in [0.4, 0.5) is 11.4 Å². The summed E-state index contributed by atoms with van der Waals surface area (Å²) in [6.07, 6.45) is 1.74. The van der Waals surface area contributed by atoms with Crippen molar-refractivity contribution in [2.75, 3.05) is 25.5 Å². The lowest BCUT2D eigenvalue weighted by atomic mass is 9.94. The van der Waals surface area contributed by atoms with Gasteiger partial charge in [-0.1, -0.05) is 12.1 Å². The Kier molecular flexibility index (Phi) is 4.25. The normalized spacial score (nSPS) is 23.6. The summed E-state index contributed by atoms with van der Waals surface area (Å²) in [5.74, 6) is 0. The van der Waals surface area contributed by atoms with Crippen LogP contribution in [-0.2, 0) is 6.54 Å². The van der Waals surface area contributed by atoms with Crippen molar-refractivity contribution in [3.8, 4) is 0 Å². The second-order valence-corrected chi connectivity index (χ2v) is 5.63. The summed E-state index contributed by atoms with van der Waals surface area (Å²) in [7, 11) is 1.69. The molecule has 6 heteroatoms. The number of anilines is 1. The molecule has 0 saturated carbocycles. The smallest absolute Gasteiger partial charge is 0.292 e. The van der Waals surface area contributed by atoms with Crippen molar-refractivity contribution in [1.82, 2.24) is 4.90 Å². The van der Waals surface area contributed by atoms with Crippen LogP contribution in [-0.4, -0.2) is 40.7 Å². The number of nitro groups is 1. The first kappa shape index (κ1) is 14.7. The van der Waals surface area contributed by atoms with Crippen LogP contribution in [0.3, 0.4) is 0 Å². The minimum atomic E-state index is -0.668. The maximum atomic E-state index is 11.0. The van der Waals surface area contributed by atoms with Gasteiger partial charge in [-0.3, -0.25) is 15.0 Å². The van der Waals surface area contributed by atoms with E-state index < -0.39 is 5.60 Å². The quantitative estimate of drug-likeness (QED) is 0.651. The molecule has 1 atom stereocenters. The van der Waals surface area contributed by atoms with E-state index in [1.54, 1.807) is 13.1 Å². The summed E-state index contributed by atoms with van der Waals surface area (Å²) in [6, 6.07) is 5.10. The molecular weight excluding hydrogens is 258 g/mol. The highest BCUT2D eigenvalue weighted by atomic mass is 16.6. The van der Waals surface area contributed by atoms with Gasteiger partial charge >= 0.3 is 0 Å². The molecule has 0 bridgehead atoms. The Hall–Kier alpha value is -1.66. The van der Waals surface area contributed by atoms with E-state index in [0.29, 0.717) is 18.8 Å². The summed E-state index contributed by atoms with van der Waals surface area (Å²) in [6.45, 7) is 3.94. The first-order chi connectivity index (χ1) is 9.43. The lowest BCUT2D eigenvalue weighted by Gasteiger charge is -2.37. The number of rotatable bonds is 4. The van der Waals surface area contributed by atoms with Crippen LogP contribution in [0.5, 0.6) is 0 Å². The topological polar surface area (TPSA) is 78.6 Å². The number of likely N-dealkylation sites (tertiary alicyclic amines) is 1. The minimum absolute atomic E-state index is 0.0915. The lowest BCUT2D eigenvalue weighted by molar-refractivity contribution is -0.384. The molecule has 0 amide bonds. The number of para-hydroxylation sites is 1. The SMILES string of the molecule is CNc1c(CN2CCCC(C)(O)C2)cccc1[N+](=O)[O-]. The molecule has 6 nitrogen and oxygen atoms in total. The Balaban J connectivity index is 2.21. The van der Waals surface area contributed by atoms with Crippen LogP contribution >= 0.6 is 0 Å². The zero-order chi connectivity index (χ0) is 14.8. The van der Waals surface area contributed by atoms with Crippen molar-refractivity contribution in [3.63, 3.8) is 0 Å². The van der Waals surface area contributed by atoms with Gasteiger partial charge in [0.15, 0.2) is 0 Å². The third kappa shape index (κ3) is 3.26. The van der Waals surface area contributed by atoms with Gasteiger partial charge < -0.3 is 10.4 Å². The first-order valence-corrected chi connectivity index (χ1v) is 6.82. The zero-order valence-corrected chi connectivity index (χ0v) is 11.9. The van der Waals surface area contributed by atoms with Gasteiger partial charge in [0.05, 0.1) is 10.5 Å². The highest BCUT2D eigenvalue weighted by molar-refractivity contribution is 5.66. The van der Waals surface area contributed by atoms with Gasteiger partial charge in [-0.2, -0.15) is 0 Å². The van der Waals surface area contributed by atoms with E-state index in [1.807, 2.05) is 13.0 Å². The van der Waals surface area contributed by atoms with E-state index in [9.17, 15) is 15.2 Å². The second-order valence-electron chi connectivity index (χ2n) is 5.63. The number of nitrogens with zero attached hydrogens (tertiary/aromatic N) is 2. The molecule has 1 unspecified atom stereocenters. The maximum absolute atomic E-state index is 11.0. The van der Waals surface area contributed by atoms with E-state index in [1.165, 1.54) is 6.07 Å².